The Labute approximate surface area is 70.7 Å². The molecule has 0 saturated carbocycles. The maximum Gasteiger partial charge on any atom is 0.101 e. The van der Waals surface area contributed by atoms with Gasteiger partial charge in [0.1, 0.15) is 6.10 Å². The Morgan fingerprint density at radius 2 is 2.25 bits per heavy atom. The Morgan fingerprint density at radius 3 is 2.92 bits per heavy atom. The van der Waals surface area contributed by atoms with Gasteiger partial charge in [-0.1, -0.05) is 6.08 Å². The van der Waals surface area contributed by atoms with Crippen LogP contribution < -0.4 is 0 Å². The molecule has 4 nitrogen and oxygen atoms in total. The van der Waals surface area contributed by atoms with Crippen LogP contribution in [0.5, 0.6) is 0 Å². The molecule has 0 aromatic carbocycles. The first kappa shape index (κ1) is 8.19. The third-order valence-electron chi connectivity index (χ3n) is 2.68. The standard InChI is InChI=1S/C8H13NO3/c10-4-5-1-2-9-3-6(11)8(12)7(5)9/h1,6-8,10-12H,2-4H2/t6-,7-,8-/m0/s1. The van der Waals surface area contributed by atoms with Gasteiger partial charge in [0.05, 0.1) is 18.8 Å². The Morgan fingerprint density at radius 1 is 1.50 bits per heavy atom. The number of fused-ring (bicyclic) bond motifs is 1. The zero-order valence-electron chi connectivity index (χ0n) is 6.72. The molecule has 2 rings (SSSR count). The Kier molecular flexibility index (Phi) is 1.92. The van der Waals surface area contributed by atoms with E-state index >= 15 is 0 Å². The summed E-state index contributed by atoms with van der Waals surface area (Å²) in [5.74, 6) is 0. The summed E-state index contributed by atoms with van der Waals surface area (Å²) in [5, 5.41) is 27.8. The number of nitrogens with zero attached hydrogens (tertiary/aromatic N) is 1. The van der Waals surface area contributed by atoms with Crippen LogP contribution in [0.4, 0.5) is 0 Å². The second-order valence-electron chi connectivity index (χ2n) is 3.39. The van der Waals surface area contributed by atoms with E-state index in [1.54, 1.807) is 0 Å². The molecule has 4 heteroatoms. The molecule has 2 aliphatic heterocycles. The van der Waals surface area contributed by atoms with Gasteiger partial charge in [-0.05, 0) is 5.57 Å². The van der Waals surface area contributed by atoms with Crippen LogP contribution in [0.25, 0.3) is 0 Å². The molecule has 0 radical (unpaired) electrons. The Bertz CT molecular complexity index is 216. The van der Waals surface area contributed by atoms with E-state index in [-0.39, 0.29) is 12.6 Å². The van der Waals surface area contributed by atoms with Crippen molar-refractivity contribution in [2.75, 3.05) is 19.7 Å². The van der Waals surface area contributed by atoms with E-state index in [0.29, 0.717) is 6.54 Å². The molecule has 2 aliphatic rings. The number of hydrogen-bond donors (Lipinski definition) is 3. The van der Waals surface area contributed by atoms with Crippen molar-refractivity contribution in [1.82, 2.24) is 4.90 Å². The highest BCUT2D eigenvalue weighted by atomic mass is 16.3. The van der Waals surface area contributed by atoms with Gasteiger partial charge in [0.25, 0.3) is 0 Å². The van der Waals surface area contributed by atoms with Gasteiger partial charge in [0, 0.05) is 13.1 Å². The fraction of sp³-hybridized carbons (Fsp3) is 0.750. The van der Waals surface area contributed by atoms with E-state index in [9.17, 15) is 10.2 Å². The van der Waals surface area contributed by atoms with Gasteiger partial charge in [-0.15, -0.1) is 0 Å². The second kappa shape index (κ2) is 2.81. The lowest BCUT2D eigenvalue weighted by atomic mass is 10.0. The highest BCUT2D eigenvalue weighted by molar-refractivity contribution is 5.24. The maximum absolute atomic E-state index is 9.53. The predicted molar refractivity (Wildman–Crippen MR) is 42.5 cm³/mol. The first-order valence-electron chi connectivity index (χ1n) is 4.14. The van der Waals surface area contributed by atoms with E-state index in [1.165, 1.54) is 0 Å². The molecule has 0 aromatic rings. The van der Waals surface area contributed by atoms with Gasteiger partial charge in [-0.3, -0.25) is 4.90 Å². The first-order valence-corrected chi connectivity index (χ1v) is 4.14. The smallest absolute Gasteiger partial charge is 0.101 e. The molecule has 1 fully saturated rings. The SMILES string of the molecule is OCC1=CCN2C[C@H](O)[C@H](O)[C@H]12. The van der Waals surface area contributed by atoms with Crippen LogP contribution in [0.1, 0.15) is 0 Å². The average Bonchev–Trinajstić information content (AvgIpc) is 2.55. The summed E-state index contributed by atoms with van der Waals surface area (Å²) >= 11 is 0. The fourth-order valence-corrected chi connectivity index (χ4v) is 2.04. The molecule has 12 heavy (non-hydrogen) atoms. The molecule has 3 atom stereocenters. The number of aliphatic hydroxyl groups is 3. The average molecular weight is 171 g/mol. The van der Waals surface area contributed by atoms with Crippen molar-refractivity contribution in [2.45, 2.75) is 18.2 Å². The lowest BCUT2D eigenvalue weighted by Gasteiger charge is -2.19. The zero-order valence-corrected chi connectivity index (χ0v) is 6.72. The van der Waals surface area contributed by atoms with Crippen molar-refractivity contribution in [3.05, 3.63) is 11.6 Å². The molecule has 0 unspecified atom stereocenters. The third kappa shape index (κ3) is 0.998. The van der Waals surface area contributed by atoms with Crippen LogP contribution >= 0.6 is 0 Å². The molecule has 3 N–H and O–H groups in total. The summed E-state index contributed by atoms with van der Waals surface area (Å²) in [4.78, 5) is 1.97. The summed E-state index contributed by atoms with van der Waals surface area (Å²) in [6, 6.07) is -0.148. The van der Waals surface area contributed by atoms with Crippen molar-refractivity contribution in [2.24, 2.45) is 0 Å². The first-order chi connectivity index (χ1) is 5.74. The quantitative estimate of drug-likeness (QED) is 0.413. The Balaban J connectivity index is 2.17. The van der Waals surface area contributed by atoms with E-state index in [2.05, 4.69) is 0 Å². The highest BCUT2D eigenvalue weighted by Gasteiger charge is 2.43. The molecule has 2 heterocycles. The van der Waals surface area contributed by atoms with E-state index in [1.807, 2.05) is 11.0 Å². The van der Waals surface area contributed by atoms with Crippen molar-refractivity contribution >= 4 is 0 Å². The summed E-state index contributed by atoms with van der Waals surface area (Å²) < 4.78 is 0. The van der Waals surface area contributed by atoms with Gasteiger partial charge in [-0.2, -0.15) is 0 Å². The molecule has 0 aliphatic carbocycles. The maximum atomic E-state index is 9.53. The summed E-state index contributed by atoms with van der Waals surface area (Å²) in [7, 11) is 0. The highest BCUT2D eigenvalue weighted by Crippen LogP contribution is 2.28. The lowest BCUT2D eigenvalue weighted by molar-refractivity contribution is 0.0439. The predicted octanol–water partition coefficient (Wildman–Crippen LogP) is -1.68. The normalized spacial score (nSPS) is 41.6. The van der Waals surface area contributed by atoms with Crippen LogP contribution in [-0.4, -0.2) is 58.2 Å². The number of rotatable bonds is 1. The molecular formula is C8H13NO3. The zero-order chi connectivity index (χ0) is 8.72. The van der Waals surface area contributed by atoms with Crippen LogP contribution in [0.3, 0.4) is 0 Å². The molecule has 68 valence electrons. The van der Waals surface area contributed by atoms with Crippen LogP contribution in [0, 0.1) is 0 Å². The Hall–Kier alpha value is -0.420. The summed E-state index contributed by atoms with van der Waals surface area (Å²) in [6.45, 7) is 1.21. The van der Waals surface area contributed by atoms with Gasteiger partial charge < -0.3 is 15.3 Å². The largest absolute Gasteiger partial charge is 0.392 e. The topological polar surface area (TPSA) is 63.9 Å². The second-order valence-corrected chi connectivity index (χ2v) is 3.39. The van der Waals surface area contributed by atoms with Crippen molar-refractivity contribution in [3.63, 3.8) is 0 Å². The molecule has 0 amide bonds. The minimum absolute atomic E-state index is 0.0229. The van der Waals surface area contributed by atoms with Gasteiger partial charge in [0.2, 0.25) is 0 Å². The number of hydrogen-bond acceptors (Lipinski definition) is 4. The van der Waals surface area contributed by atoms with E-state index in [0.717, 1.165) is 12.1 Å². The monoisotopic (exact) mass is 171 g/mol. The van der Waals surface area contributed by atoms with Gasteiger partial charge in [0.15, 0.2) is 0 Å². The molecular weight excluding hydrogens is 158 g/mol. The molecule has 1 saturated heterocycles. The summed E-state index contributed by atoms with van der Waals surface area (Å²) in [5.41, 5.74) is 0.832. The number of aliphatic hydroxyl groups excluding tert-OH is 3. The fourth-order valence-electron chi connectivity index (χ4n) is 2.04. The molecule has 0 aromatic heterocycles. The van der Waals surface area contributed by atoms with Crippen molar-refractivity contribution in [1.29, 1.82) is 0 Å². The lowest BCUT2D eigenvalue weighted by Crippen LogP contribution is -2.34. The van der Waals surface area contributed by atoms with Gasteiger partial charge >= 0.3 is 0 Å². The minimum Gasteiger partial charge on any atom is -0.392 e. The van der Waals surface area contributed by atoms with Crippen LogP contribution in [0.2, 0.25) is 0 Å². The third-order valence-corrected chi connectivity index (χ3v) is 2.68. The minimum atomic E-state index is -0.731. The molecule has 0 bridgehead atoms. The van der Waals surface area contributed by atoms with Crippen molar-refractivity contribution in [3.8, 4) is 0 Å². The van der Waals surface area contributed by atoms with Crippen LogP contribution in [-0.2, 0) is 0 Å². The summed E-state index contributed by atoms with van der Waals surface area (Å²) in [6.07, 6.45) is 0.524. The van der Waals surface area contributed by atoms with Crippen LogP contribution in [0.15, 0.2) is 11.6 Å². The van der Waals surface area contributed by atoms with Crippen molar-refractivity contribution < 1.29 is 15.3 Å². The van der Waals surface area contributed by atoms with E-state index in [4.69, 9.17) is 5.11 Å². The van der Waals surface area contributed by atoms with Gasteiger partial charge in [-0.25, -0.2) is 0 Å². The van der Waals surface area contributed by atoms with E-state index < -0.39 is 12.2 Å². The molecule has 0 spiro atoms.